The molecule has 0 saturated carbocycles. The van der Waals surface area contributed by atoms with Gasteiger partial charge in [-0.2, -0.15) is 5.26 Å². The summed E-state index contributed by atoms with van der Waals surface area (Å²) in [6, 6.07) is 1.40. The summed E-state index contributed by atoms with van der Waals surface area (Å²) in [7, 11) is 0. The van der Waals surface area contributed by atoms with Gasteiger partial charge in [-0.25, -0.2) is 0 Å². The average Bonchev–Trinajstić information content (AvgIpc) is 2.39. The molecule has 0 saturated heterocycles. The molecule has 20 heavy (non-hydrogen) atoms. The van der Waals surface area contributed by atoms with Gasteiger partial charge in [0.2, 0.25) is 0 Å². The van der Waals surface area contributed by atoms with Crippen molar-refractivity contribution < 1.29 is 19.8 Å². The van der Waals surface area contributed by atoms with E-state index in [1.807, 2.05) is 0 Å². The van der Waals surface area contributed by atoms with Gasteiger partial charge in [0.25, 0.3) is 0 Å². The summed E-state index contributed by atoms with van der Waals surface area (Å²) in [5, 5.41) is 27.9. The fourth-order valence-electron chi connectivity index (χ4n) is 1.23. The van der Waals surface area contributed by atoms with Crippen molar-refractivity contribution in [2.75, 3.05) is 0 Å². The summed E-state index contributed by atoms with van der Waals surface area (Å²) < 4.78 is 3.25. The SMILES string of the molecule is CCC[CH2][Sn+2][CH2]CCC.N#CC(CCC(=O)[O-])C(=O)[O-]. The number of carbonyl (C=O) groups is 2. The van der Waals surface area contributed by atoms with Crippen LogP contribution in [0, 0.1) is 17.2 Å². The maximum absolute atomic E-state index is 10.00. The summed E-state index contributed by atoms with van der Waals surface area (Å²) >= 11 is 0.149. The van der Waals surface area contributed by atoms with Crippen LogP contribution in [0.1, 0.15) is 52.4 Å². The van der Waals surface area contributed by atoms with Crippen LogP contribution in [-0.4, -0.2) is 33.1 Å². The topological polar surface area (TPSA) is 104 Å². The van der Waals surface area contributed by atoms with Crippen LogP contribution in [0.3, 0.4) is 0 Å². The molecule has 0 aliphatic carbocycles. The number of hydrogen-bond acceptors (Lipinski definition) is 5. The number of hydrogen-bond donors (Lipinski definition) is 0. The molecule has 0 aromatic rings. The number of carboxylic acid groups (broad SMARTS) is 2. The minimum atomic E-state index is -1.55. The zero-order chi connectivity index (χ0) is 15.8. The number of carboxylic acids is 2. The first-order valence-electron chi connectivity index (χ1n) is 7.00. The summed E-state index contributed by atoms with van der Waals surface area (Å²) in [5.41, 5.74) is 0. The van der Waals surface area contributed by atoms with E-state index < -0.39 is 24.3 Å². The zero-order valence-corrected chi connectivity index (χ0v) is 15.2. The van der Waals surface area contributed by atoms with Crippen LogP contribution >= 0.6 is 0 Å². The molecular formula is C14H23NO4Sn. The Bertz CT molecular complexity index is 296. The first-order valence-corrected chi connectivity index (χ1v) is 11.0. The van der Waals surface area contributed by atoms with E-state index in [1.165, 1.54) is 31.8 Å². The number of unbranched alkanes of at least 4 members (excludes halogenated alkanes) is 2. The molecular weight excluding hydrogens is 365 g/mol. The number of carbonyl (C=O) groups excluding carboxylic acids is 2. The molecule has 0 heterocycles. The Labute approximate surface area is 131 Å². The third-order valence-electron chi connectivity index (χ3n) is 2.49. The van der Waals surface area contributed by atoms with E-state index in [-0.39, 0.29) is 27.6 Å². The minimum Gasteiger partial charge on any atom is -0.550 e. The van der Waals surface area contributed by atoms with Crippen molar-refractivity contribution in [1.29, 1.82) is 5.26 Å². The van der Waals surface area contributed by atoms with Crippen molar-refractivity contribution in [3.8, 4) is 6.07 Å². The van der Waals surface area contributed by atoms with E-state index in [4.69, 9.17) is 5.26 Å². The maximum atomic E-state index is 10.00. The molecule has 112 valence electrons. The van der Waals surface area contributed by atoms with Crippen LogP contribution in [0.4, 0.5) is 0 Å². The van der Waals surface area contributed by atoms with Gasteiger partial charge in [0.05, 0.1) is 18.0 Å². The minimum absolute atomic E-state index is 0.149. The van der Waals surface area contributed by atoms with Gasteiger partial charge in [0.1, 0.15) is 0 Å². The van der Waals surface area contributed by atoms with Crippen LogP contribution in [0.25, 0.3) is 0 Å². The van der Waals surface area contributed by atoms with Crippen LogP contribution in [-0.2, 0) is 9.59 Å². The molecule has 0 aliphatic heterocycles. The van der Waals surface area contributed by atoms with Crippen LogP contribution in [0.2, 0.25) is 8.87 Å². The third-order valence-corrected chi connectivity index (χ3v) is 6.53. The fourth-order valence-corrected chi connectivity index (χ4v) is 5.38. The van der Waals surface area contributed by atoms with Crippen molar-refractivity contribution in [3.63, 3.8) is 0 Å². The average molecular weight is 388 g/mol. The predicted octanol–water partition coefficient (Wildman–Crippen LogP) is 0.534. The van der Waals surface area contributed by atoms with E-state index >= 15 is 0 Å². The maximum Gasteiger partial charge on any atom is 0.0861 e. The molecule has 0 N–H and O–H groups in total. The number of nitriles is 1. The summed E-state index contributed by atoms with van der Waals surface area (Å²) in [6.45, 7) is 4.58. The summed E-state index contributed by atoms with van der Waals surface area (Å²) in [6.07, 6.45) is 5.14. The Balaban J connectivity index is 0. The number of nitrogens with zero attached hydrogens (tertiary/aromatic N) is 1. The molecule has 0 radical (unpaired) electrons. The van der Waals surface area contributed by atoms with Crippen LogP contribution in [0.5, 0.6) is 0 Å². The molecule has 0 fully saturated rings. The Kier molecular flexibility index (Phi) is 17.5. The first kappa shape index (κ1) is 21.5. The van der Waals surface area contributed by atoms with E-state index in [2.05, 4.69) is 13.8 Å². The van der Waals surface area contributed by atoms with Gasteiger partial charge >= 0.3 is 69.5 Å². The van der Waals surface area contributed by atoms with Crippen molar-refractivity contribution in [1.82, 2.24) is 0 Å². The second kappa shape index (κ2) is 16.3. The molecule has 1 unspecified atom stereocenters. The molecule has 6 heteroatoms. The smallest absolute Gasteiger partial charge is 0.0861 e. The first-order chi connectivity index (χ1) is 9.49. The Morgan fingerprint density at radius 3 is 1.95 bits per heavy atom. The molecule has 0 spiro atoms. The van der Waals surface area contributed by atoms with Gasteiger partial charge < -0.3 is 19.8 Å². The van der Waals surface area contributed by atoms with Crippen LogP contribution in [0.15, 0.2) is 0 Å². The van der Waals surface area contributed by atoms with Gasteiger partial charge in [-0.3, -0.25) is 0 Å². The fraction of sp³-hybridized carbons (Fsp3) is 0.786. The molecule has 0 amide bonds. The van der Waals surface area contributed by atoms with E-state index in [0.717, 1.165) is 0 Å². The number of rotatable bonds is 10. The van der Waals surface area contributed by atoms with E-state index in [9.17, 15) is 19.8 Å². The van der Waals surface area contributed by atoms with Crippen molar-refractivity contribution in [2.24, 2.45) is 5.92 Å². The van der Waals surface area contributed by atoms with E-state index in [1.54, 1.807) is 8.87 Å². The van der Waals surface area contributed by atoms with Gasteiger partial charge in [-0.15, -0.1) is 0 Å². The molecule has 1 atom stereocenters. The van der Waals surface area contributed by atoms with Gasteiger partial charge in [-0.05, 0) is 12.8 Å². The second-order valence-corrected chi connectivity index (χ2v) is 8.65. The van der Waals surface area contributed by atoms with Crippen molar-refractivity contribution in [3.05, 3.63) is 0 Å². The Hall–Kier alpha value is -0.771. The molecule has 0 aliphatic rings. The van der Waals surface area contributed by atoms with Gasteiger partial charge in [0, 0.05) is 5.97 Å². The molecule has 0 rings (SSSR count). The second-order valence-electron chi connectivity index (χ2n) is 4.37. The normalized spacial score (nSPS) is 10.4. The van der Waals surface area contributed by atoms with Gasteiger partial charge in [0.15, 0.2) is 0 Å². The molecule has 0 bridgehead atoms. The third kappa shape index (κ3) is 17.2. The van der Waals surface area contributed by atoms with Gasteiger partial charge in [-0.1, -0.05) is 0 Å². The molecule has 0 aromatic heterocycles. The summed E-state index contributed by atoms with van der Waals surface area (Å²) in [5.74, 6) is -4.27. The Morgan fingerprint density at radius 1 is 1.15 bits per heavy atom. The molecule has 5 nitrogen and oxygen atoms in total. The zero-order valence-electron chi connectivity index (χ0n) is 12.3. The molecule has 0 aromatic carbocycles. The largest absolute Gasteiger partial charge is 0.550 e. The van der Waals surface area contributed by atoms with Crippen molar-refractivity contribution >= 4 is 33.1 Å². The summed E-state index contributed by atoms with van der Waals surface area (Å²) in [4.78, 5) is 19.8. The monoisotopic (exact) mass is 389 g/mol. The van der Waals surface area contributed by atoms with Crippen molar-refractivity contribution in [2.45, 2.75) is 61.2 Å². The van der Waals surface area contributed by atoms with E-state index in [0.29, 0.717) is 0 Å². The number of aliphatic carboxylic acids is 2. The Morgan fingerprint density at radius 2 is 1.65 bits per heavy atom. The predicted molar refractivity (Wildman–Crippen MR) is 73.5 cm³/mol. The quantitative estimate of drug-likeness (QED) is 0.401. The standard InChI is InChI=1S/C6H7NO4.2C4H9.Sn/c7-3-4(6(10)11)1-2-5(8)9;2*1-3-4-2;/h4H,1-2H2,(H,8,9)(H,10,11);2*1,3-4H2,2H3;/q;;;+2/p-2. The van der Waals surface area contributed by atoms with Crippen LogP contribution < -0.4 is 10.2 Å².